The lowest BCUT2D eigenvalue weighted by Crippen LogP contribution is -2.50. The second-order valence-electron chi connectivity index (χ2n) is 7.48. The zero-order chi connectivity index (χ0) is 23.0. The summed E-state index contributed by atoms with van der Waals surface area (Å²) in [5.41, 5.74) is 1.87. The normalized spacial score (nSPS) is 13.5. The number of benzene rings is 1. The molecule has 4 amide bonds. The van der Waals surface area contributed by atoms with E-state index in [4.69, 9.17) is 0 Å². The van der Waals surface area contributed by atoms with E-state index in [1.165, 1.54) is 11.3 Å². The van der Waals surface area contributed by atoms with E-state index in [2.05, 4.69) is 20.6 Å². The predicted molar refractivity (Wildman–Crippen MR) is 126 cm³/mol. The Labute approximate surface area is 195 Å². The van der Waals surface area contributed by atoms with Gasteiger partial charge in [-0.3, -0.25) is 19.9 Å². The minimum absolute atomic E-state index is 0.0317. The van der Waals surface area contributed by atoms with Crippen molar-refractivity contribution in [1.29, 1.82) is 0 Å². The Bertz CT molecular complexity index is 1100. The molecule has 1 aromatic carbocycles. The standard InChI is InChI=1S/C23H24N6O3S/c30-20(28-12-14-29(15-13-28)21(31)19-8-4-5-11-24-19)10-9-18-16-33-23(26-18)27-22(32)25-17-6-2-1-3-7-17/h1-8,11,16H,9-10,12-15H2,(H2,25,26,27,32). The molecule has 2 N–H and O–H groups in total. The molecule has 0 unspecified atom stereocenters. The molecule has 1 aliphatic heterocycles. The van der Waals surface area contributed by atoms with Crippen LogP contribution in [-0.2, 0) is 11.2 Å². The summed E-state index contributed by atoms with van der Waals surface area (Å²) in [6.45, 7) is 1.98. The van der Waals surface area contributed by atoms with Crippen LogP contribution in [0.1, 0.15) is 22.6 Å². The number of nitrogens with one attached hydrogen (secondary N) is 2. The van der Waals surface area contributed by atoms with Crippen molar-refractivity contribution >= 4 is 40.0 Å². The lowest BCUT2D eigenvalue weighted by molar-refractivity contribution is -0.132. The third-order valence-corrected chi connectivity index (χ3v) is 6.01. The monoisotopic (exact) mass is 464 g/mol. The van der Waals surface area contributed by atoms with Crippen molar-refractivity contribution in [3.63, 3.8) is 0 Å². The number of carbonyl (C=O) groups excluding carboxylic acids is 3. The summed E-state index contributed by atoms with van der Waals surface area (Å²) < 4.78 is 0. The fourth-order valence-corrected chi connectivity index (χ4v) is 4.20. The molecule has 3 aromatic rings. The predicted octanol–water partition coefficient (Wildman–Crippen LogP) is 3.10. The first-order chi connectivity index (χ1) is 16.1. The van der Waals surface area contributed by atoms with E-state index < -0.39 is 0 Å². The van der Waals surface area contributed by atoms with Crippen LogP contribution >= 0.6 is 11.3 Å². The zero-order valence-corrected chi connectivity index (χ0v) is 18.8. The van der Waals surface area contributed by atoms with Crippen molar-refractivity contribution in [2.24, 2.45) is 0 Å². The van der Waals surface area contributed by atoms with Crippen LogP contribution in [0, 0.1) is 0 Å². The molecule has 0 saturated carbocycles. The van der Waals surface area contributed by atoms with E-state index in [1.54, 1.807) is 46.3 Å². The molecule has 33 heavy (non-hydrogen) atoms. The fraction of sp³-hybridized carbons (Fsp3) is 0.261. The van der Waals surface area contributed by atoms with E-state index >= 15 is 0 Å². The highest BCUT2D eigenvalue weighted by Gasteiger charge is 2.25. The molecule has 1 aliphatic rings. The van der Waals surface area contributed by atoms with Gasteiger partial charge in [-0.25, -0.2) is 9.78 Å². The van der Waals surface area contributed by atoms with Gasteiger partial charge in [0.15, 0.2) is 5.13 Å². The SMILES string of the molecule is O=C(Nc1ccccc1)Nc1nc(CCC(=O)N2CCN(C(=O)c3ccccn3)CC2)cs1. The van der Waals surface area contributed by atoms with Crippen LogP contribution in [0.3, 0.4) is 0 Å². The van der Waals surface area contributed by atoms with Crippen molar-refractivity contribution in [2.75, 3.05) is 36.8 Å². The molecule has 4 rings (SSSR count). The van der Waals surface area contributed by atoms with Crippen LogP contribution in [-0.4, -0.2) is 63.8 Å². The molecule has 0 bridgehead atoms. The van der Waals surface area contributed by atoms with Crippen molar-refractivity contribution in [1.82, 2.24) is 19.8 Å². The number of anilines is 2. The number of hydrogen-bond donors (Lipinski definition) is 2. The quantitative estimate of drug-likeness (QED) is 0.583. The zero-order valence-electron chi connectivity index (χ0n) is 17.9. The molecule has 1 fully saturated rings. The van der Waals surface area contributed by atoms with Crippen LogP contribution in [0.2, 0.25) is 0 Å². The molecule has 9 nitrogen and oxygen atoms in total. The number of amides is 4. The highest BCUT2D eigenvalue weighted by Crippen LogP contribution is 2.18. The number of pyridine rings is 1. The third kappa shape index (κ3) is 6.13. The molecule has 1 saturated heterocycles. The number of nitrogens with zero attached hydrogens (tertiary/aromatic N) is 4. The fourth-order valence-electron chi connectivity index (χ4n) is 3.46. The molecular weight excluding hydrogens is 440 g/mol. The second-order valence-corrected chi connectivity index (χ2v) is 8.34. The summed E-state index contributed by atoms with van der Waals surface area (Å²) >= 11 is 1.32. The van der Waals surface area contributed by atoms with Gasteiger partial charge < -0.3 is 15.1 Å². The minimum Gasteiger partial charge on any atom is -0.339 e. The maximum absolute atomic E-state index is 12.6. The molecule has 170 valence electrons. The lowest BCUT2D eigenvalue weighted by Gasteiger charge is -2.34. The number of aryl methyl sites for hydroxylation is 1. The number of rotatable bonds is 6. The summed E-state index contributed by atoms with van der Waals surface area (Å²) in [5.74, 6) is -0.0780. The van der Waals surface area contributed by atoms with Gasteiger partial charge in [-0.2, -0.15) is 0 Å². The van der Waals surface area contributed by atoms with Gasteiger partial charge >= 0.3 is 6.03 Å². The number of piperazine rings is 1. The van der Waals surface area contributed by atoms with Crippen molar-refractivity contribution < 1.29 is 14.4 Å². The number of carbonyl (C=O) groups is 3. The first-order valence-electron chi connectivity index (χ1n) is 10.6. The molecular formula is C23H24N6O3S. The third-order valence-electron chi connectivity index (χ3n) is 5.20. The summed E-state index contributed by atoms with van der Waals surface area (Å²) in [5, 5.41) is 7.77. The highest BCUT2D eigenvalue weighted by molar-refractivity contribution is 7.13. The van der Waals surface area contributed by atoms with Gasteiger partial charge in [-0.1, -0.05) is 24.3 Å². The average Bonchev–Trinajstić information content (AvgIpc) is 3.30. The van der Waals surface area contributed by atoms with E-state index in [0.717, 1.165) is 5.69 Å². The van der Waals surface area contributed by atoms with Crippen molar-refractivity contribution in [3.05, 3.63) is 71.5 Å². The molecule has 0 aliphatic carbocycles. The minimum atomic E-state index is -0.365. The van der Waals surface area contributed by atoms with Gasteiger partial charge in [-0.15, -0.1) is 11.3 Å². The number of aromatic nitrogens is 2. The van der Waals surface area contributed by atoms with Crippen LogP contribution in [0.15, 0.2) is 60.1 Å². The Morgan fingerprint density at radius 1 is 0.909 bits per heavy atom. The van der Waals surface area contributed by atoms with Crippen LogP contribution < -0.4 is 10.6 Å². The average molecular weight is 465 g/mol. The summed E-state index contributed by atoms with van der Waals surface area (Å²) in [6.07, 6.45) is 2.42. The molecule has 0 atom stereocenters. The largest absolute Gasteiger partial charge is 0.339 e. The molecule has 0 radical (unpaired) electrons. The molecule has 2 aromatic heterocycles. The molecule has 0 spiro atoms. The molecule has 3 heterocycles. The first-order valence-corrected chi connectivity index (χ1v) is 11.5. The second kappa shape index (κ2) is 10.7. The van der Waals surface area contributed by atoms with E-state index in [-0.39, 0.29) is 17.8 Å². The Morgan fingerprint density at radius 2 is 1.64 bits per heavy atom. The van der Waals surface area contributed by atoms with Gasteiger partial charge in [0, 0.05) is 49.9 Å². The summed E-state index contributed by atoms with van der Waals surface area (Å²) in [6, 6.07) is 14.0. The lowest BCUT2D eigenvalue weighted by atomic mass is 10.2. The van der Waals surface area contributed by atoms with Crippen LogP contribution in [0.25, 0.3) is 0 Å². The van der Waals surface area contributed by atoms with Crippen LogP contribution in [0.4, 0.5) is 15.6 Å². The Hall–Kier alpha value is -3.79. The molecule has 10 heteroatoms. The van der Waals surface area contributed by atoms with E-state index in [9.17, 15) is 14.4 Å². The van der Waals surface area contributed by atoms with Gasteiger partial charge in [0.25, 0.3) is 5.91 Å². The smallest absolute Gasteiger partial charge is 0.325 e. The summed E-state index contributed by atoms with van der Waals surface area (Å²) in [7, 11) is 0. The maximum atomic E-state index is 12.6. The van der Waals surface area contributed by atoms with Gasteiger partial charge in [0.05, 0.1) is 5.69 Å². The van der Waals surface area contributed by atoms with Crippen molar-refractivity contribution in [3.8, 4) is 0 Å². The Morgan fingerprint density at radius 3 is 2.36 bits per heavy atom. The Balaban J connectivity index is 1.20. The topological polar surface area (TPSA) is 108 Å². The number of urea groups is 1. The number of para-hydroxylation sites is 1. The first kappa shape index (κ1) is 22.4. The van der Waals surface area contributed by atoms with Gasteiger partial charge in [-0.05, 0) is 30.7 Å². The van der Waals surface area contributed by atoms with Gasteiger partial charge in [0.1, 0.15) is 5.69 Å². The maximum Gasteiger partial charge on any atom is 0.325 e. The Kier molecular flexibility index (Phi) is 7.26. The number of hydrogen-bond acceptors (Lipinski definition) is 6. The van der Waals surface area contributed by atoms with Crippen LogP contribution in [0.5, 0.6) is 0 Å². The summed E-state index contributed by atoms with van der Waals surface area (Å²) in [4.78, 5) is 49.2. The van der Waals surface area contributed by atoms with Gasteiger partial charge in [0.2, 0.25) is 5.91 Å². The highest BCUT2D eigenvalue weighted by atomic mass is 32.1. The number of thiazole rings is 1. The van der Waals surface area contributed by atoms with Crippen molar-refractivity contribution in [2.45, 2.75) is 12.8 Å². The van der Waals surface area contributed by atoms with E-state index in [0.29, 0.717) is 55.5 Å². The van der Waals surface area contributed by atoms with E-state index in [1.807, 2.05) is 23.6 Å².